The lowest BCUT2D eigenvalue weighted by Crippen LogP contribution is -2.08. The molecule has 0 saturated carbocycles. The number of ether oxygens (including phenoxy) is 2. The predicted octanol–water partition coefficient (Wildman–Crippen LogP) is 5.15. The average Bonchev–Trinajstić information content (AvgIpc) is 3.11. The summed E-state index contributed by atoms with van der Waals surface area (Å²) in [5.74, 6) is -0.715. The van der Waals surface area contributed by atoms with Gasteiger partial charge in [-0.25, -0.2) is 14.2 Å². The molecular formula is C24H21FN2O3. The fourth-order valence-corrected chi connectivity index (χ4v) is 3.52. The molecule has 0 aliphatic heterocycles. The Labute approximate surface area is 173 Å². The first kappa shape index (κ1) is 19.6. The van der Waals surface area contributed by atoms with Crippen LogP contribution in [0.2, 0.25) is 0 Å². The van der Waals surface area contributed by atoms with E-state index in [4.69, 9.17) is 9.47 Å². The summed E-state index contributed by atoms with van der Waals surface area (Å²) in [5, 5.41) is 0.746. The minimum atomic E-state index is -0.461. The molecule has 0 aliphatic rings. The molecule has 2 aromatic carbocycles. The van der Waals surface area contributed by atoms with Gasteiger partial charge >= 0.3 is 5.97 Å². The van der Waals surface area contributed by atoms with Gasteiger partial charge in [0, 0.05) is 23.6 Å². The maximum Gasteiger partial charge on any atom is 0.356 e. The zero-order valence-corrected chi connectivity index (χ0v) is 16.7. The molecule has 2 aromatic heterocycles. The monoisotopic (exact) mass is 404 g/mol. The number of hydrogen-bond acceptors (Lipinski definition) is 4. The fraction of sp³-hybridized carbons (Fsp3) is 0.167. The molecule has 0 atom stereocenters. The van der Waals surface area contributed by atoms with Crippen LogP contribution in [0.15, 0.2) is 60.7 Å². The first-order valence-corrected chi connectivity index (χ1v) is 9.67. The van der Waals surface area contributed by atoms with Gasteiger partial charge in [-0.2, -0.15) is 0 Å². The van der Waals surface area contributed by atoms with Crippen molar-refractivity contribution in [3.8, 4) is 17.0 Å². The van der Waals surface area contributed by atoms with Crippen LogP contribution in [-0.2, 0) is 11.2 Å². The number of halogens is 1. The van der Waals surface area contributed by atoms with E-state index in [1.54, 1.807) is 25.1 Å². The highest BCUT2D eigenvalue weighted by molar-refractivity contribution is 5.92. The molecule has 0 amide bonds. The number of carbonyl (C=O) groups is 1. The second-order valence-corrected chi connectivity index (χ2v) is 6.79. The molecule has 2 heterocycles. The predicted molar refractivity (Wildman–Crippen MR) is 113 cm³/mol. The van der Waals surface area contributed by atoms with E-state index in [1.807, 2.05) is 36.4 Å². The Balaban J connectivity index is 1.84. The van der Waals surface area contributed by atoms with E-state index in [9.17, 15) is 9.18 Å². The molecule has 4 aromatic rings. The molecule has 0 bridgehead atoms. The van der Waals surface area contributed by atoms with Crippen molar-refractivity contribution >= 4 is 16.9 Å². The number of nitrogens with one attached hydrogen (secondary N) is 1. The minimum Gasteiger partial charge on any atom is -0.494 e. The SMILES string of the molecule is CCOC(=O)c1cccc(Cc2c(-c3ccccc3)[nH]c3cc(OC)c(F)cc23)n1. The number of aromatic nitrogens is 2. The summed E-state index contributed by atoms with van der Waals surface area (Å²) in [6.45, 7) is 2.04. The lowest BCUT2D eigenvalue weighted by Gasteiger charge is -2.07. The van der Waals surface area contributed by atoms with Gasteiger partial charge in [-0.15, -0.1) is 0 Å². The van der Waals surface area contributed by atoms with E-state index in [0.29, 0.717) is 12.1 Å². The minimum absolute atomic E-state index is 0.178. The molecule has 152 valence electrons. The lowest BCUT2D eigenvalue weighted by molar-refractivity contribution is 0.0519. The number of hydrogen-bond donors (Lipinski definition) is 1. The largest absolute Gasteiger partial charge is 0.494 e. The standard InChI is InChI=1S/C24H21FN2O3/c1-3-30-24(28)20-11-7-10-16(26-20)12-18-17-13-19(25)22(29-2)14-21(17)27-23(18)15-8-5-4-6-9-15/h4-11,13-14,27H,3,12H2,1-2H3. The zero-order valence-electron chi connectivity index (χ0n) is 16.7. The van der Waals surface area contributed by atoms with Crippen LogP contribution in [0.4, 0.5) is 4.39 Å². The highest BCUT2D eigenvalue weighted by atomic mass is 19.1. The first-order valence-electron chi connectivity index (χ1n) is 9.67. The Morgan fingerprint density at radius 1 is 1.10 bits per heavy atom. The Morgan fingerprint density at radius 2 is 1.90 bits per heavy atom. The Hall–Kier alpha value is -3.67. The van der Waals surface area contributed by atoms with Gasteiger partial charge in [0.15, 0.2) is 11.6 Å². The Morgan fingerprint density at radius 3 is 2.63 bits per heavy atom. The van der Waals surface area contributed by atoms with Gasteiger partial charge in [0.2, 0.25) is 0 Å². The van der Waals surface area contributed by atoms with Crippen molar-refractivity contribution in [2.45, 2.75) is 13.3 Å². The number of rotatable bonds is 6. The van der Waals surface area contributed by atoms with E-state index >= 15 is 0 Å². The number of methoxy groups -OCH3 is 1. The van der Waals surface area contributed by atoms with Crippen molar-refractivity contribution in [2.75, 3.05) is 13.7 Å². The molecule has 0 unspecified atom stereocenters. The van der Waals surface area contributed by atoms with Crippen molar-refractivity contribution in [3.05, 3.63) is 83.4 Å². The molecular weight excluding hydrogens is 383 g/mol. The van der Waals surface area contributed by atoms with E-state index in [2.05, 4.69) is 9.97 Å². The summed E-state index contributed by atoms with van der Waals surface area (Å²) >= 11 is 0. The summed E-state index contributed by atoms with van der Waals surface area (Å²) in [4.78, 5) is 19.9. The first-order chi connectivity index (χ1) is 14.6. The Bertz CT molecular complexity index is 1200. The number of H-pyrrole nitrogens is 1. The maximum absolute atomic E-state index is 14.5. The summed E-state index contributed by atoms with van der Waals surface area (Å²) in [6, 6.07) is 18.2. The van der Waals surface area contributed by atoms with Crippen LogP contribution < -0.4 is 4.74 Å². The number of carbonyl (C=O) groups excluding carboxylic acids is 1. The van der Waals surface area contributed by atoms with Crippen molar-refractivity contribution in [1.82, 2.24) is 9.97 Å². The summed E-state index contributed by atoms with van der Waals surface area (Å²) in [7, 11) is 1.44. The van der Waals surface area contributed by atoms with Gasteiger partial charge in [-0.05, 0) is 36.2 Å². The van der Waals surface area contributed by atoms with Gasteiger partial charge in [0.05, 0.1) is 24.9 Å². The van der Waals surface area contributed by atoms with Crippen molar-refractivity contribution < 1.29 is 18.7 Å². The number of nitrogens with zero attached hydrogens (tertiary/aromatic N) is 1. The topological polar surface area (TPSA) is 64.2 Å². The molecule has 0 aliphatic carbocycles. The second-order valence-electron chi connectivity index (χ2n) is 6.79. The normalized spacial score (nSPS) is 10.9. The van der Waals surface area contributed by atoms with Crippen LogP contribution in [0.25, 0.3) is 22.2 Å². The van der Waals surface area contributed by atoms with Crippen LogP contribution in [0.1, 0.15) is 28.7 Å². The van der Waals surface area contributed by atoms with E-state index in [-0.39, 0.29) is 18.1 Å². The molecule has 0 saturated heterocycles. The molecule has 6 heteroatoms. The number of esters is 1. The highest BCUT2D eigenvalue weighted by Crippen LogP contribution is 2.35. The molecule has 5 nitrogen and oxygen atoms in total. The van der Waals surface area contributed by atoms with Gasteiger partial charge in [0.1, 0.15) is 5.69 Å². The number of pyridine rings is 1. The second kappa shape index (κ2) is 8.37. The third kappa shape index (κ3) is 3.76. The van der Waals surface area contributed by atoms with Crippen LogP contribution in [0.3, 0.4) is 0 Å². The average molecular weight is 404 g/mol. The van der Waals surface area contributed by atoms with Crippen molar-refractivity contribution in [1.29, 1.82) is 0 Å². The fourth-order valence-electron chi connectivity index (χ4n) is 3.52. The zero-order chi connectivity index (χ0) is 21.1. The van der Waals surface area contributed by atoms with Crippen LogP contribution in [0, 0.1) is 5.82 Å². The number of aromatic amines is 1. The highest BCUT2D eigenvalue weighted by Gasteiger charge is 2.18. The molecule has 0 spiro atoms. The van der Waals surface area contributed by atoms with Gasteiger partial charge in [-0.3, -0.25) is 0 Å². The third-order valence-corrected chi connectivity index (χ3v) is 4.89. The van der Waals surface area contributed by atoms with Crippen LogP contribution in [-0.4, -0.2) is 29.7 Å². The summed E-state index contributed by atoms with van der Waals surface area (Å²) < 4.78 is 24.7. The van der Waals surface area contributed by atoms with E-state index < -0.39 is 11.8 Å². The summed E-state index contributed by atoms with van der Waals surface area (Å²) in [5.41, 5.74) is 4.46. The number of benzene rings is 2. The lowest BCUT2D eigenvalue weighted by atomic mass is 10.0. The van der Waals surface area contributed by atoms with Gasteiger partial charge in [0.25, 0.3) is 0 Å². The molecule has 0 radical (unpaired) electrons. The van der Waals surface area contributed by atoms with Crippen LogP contribution >= 0.6 is 0 Å². The smallest absolute Gasteiger partial charge is 0.356 e. The maximum atomic E-state index is 14.5. The van der Waals surface area contributed by atoms with Gasteiger partial charge in [-0.1, -0.05) is 36.4 Å². The molecule has 4 rings (SSSR count). The molecule has 30 heavy (non-hydrogen) atoms. The number of fused-ring (bicyclic) bond motifs is 1. The third-order valence-electron chi connectivity index (χ3n) is 4.89. The van der Waals surface area contributed by atoms with Crippen molar-refractivity contribution in [3.63, 3.8) is 0 Å². The van der Waals surface area contributed by atoms with E-state index in [1.165, 1.54) is 13.2 Å². The Kier molecular flexibility index (Phi) is 5.48. The quantitative estimate of drug-likeness (QED) is 0.452. The molecule has 1 N–H and O–H groups in total. The van der Waals surface area contributed by atoms with Crippen molar-refractivity contribution in [2.24, 2.45) is 0 Å². The summed E-state index contributed by atoms with van der Waals surface area (Å²) in [6.07, 6.45) is 0.420. The van der Waals surface area contributed by atoms with Crippen LogP contribution in [0.5, 0.6) is 5.75 Å². The van der Waals surface area contributed by atoms with E-state index in [0.717, 1.165) is 27.7 Å². The van der Waals surface area contributed by atoms with Gasteiger partial charge < -0.3 is 14.5 Å². The molecule has 0 fully saturated rings.